The van der Waals surface area contributed by atoms with Crippen molar-refractivity contribution in [1.29, 1.82) is 0 Å². The van der Waals surface area contributed by atoms with Crippen LogP contribution in [-0.2, 0) is 9.47 Å². The van der Waals surface area contributed by atoms with Crippen LogP contribution in [-0.4, -0.2) is 19.5 Å². The molecule has 1 rings (SSSR count). The summed E-state index contributed by atoms with van der Waals surface area (Å²) in [6, 6.07) is 0. The lowest BCUT2D eigenvalue weighted by Gasteiger charge is -2.16. The molecule has 1 aliphatic heterocycles. The molecule has 0 saturated carbocycles. The summed E-state index contributed by atoms with van der Waals surface area (Å²) in [6.07, 6.45) is 1.58. The maximum Gasteiger partial charge on any atom is 0.147 e. The van der Waals surface area contributed by atoms with Crippen molar-refractivity contribution in [1.82, 2.24) is 0 Å². The van der Waals surface area contributed by atoms with E-state index in [4.69, 9.17) is 9.47 Å². The van der Waals surface area contributed by atoms with E-state index >= 15 is 0 Å². The Kier molecular flexibility index (Phi) is 2.40. The van der Waals surface area contributed by atoms with Crippen LogP contribution in [0.4, 0.5) is 0 Å². The summed E-state index contributed by atoms with van der Waals surface area (Å²) in [5, 5.41) is 0. The minimum atomic E-state index is -0.242. The Balaban J connectivity index is 2.12. The monoisotopic (exact) mass is 138 g/mol. The van der Waals surface area contributed by atoms with Gasteiger partial charge < -0.3 is 9.47 Å². The van der Waals surface area contributed by atoms with Gasteiger partial charge in [-0.05, 0) is 0 Å². The van der Waals surface area contributed by atoms with Crippen molar-refractivity contribution < 1.29 is 9.47 Å². The van der Waals surface area contributed by atoms with Gasteiger partial charge in [0.2, 0.25) is 0 Å². The summed E-state index contributed by atoms with van der Waals surface area (Å²) in [7, 11) is -0.242. The second-order valence-electron chi connectivity index (χ2n) is 1.29. The highest BCUT2D eigenvalue weighted by atomic mass is 32.7. The molecule has 1 aliphatic rings. The van der Waals surface area contributed by atoms with Crippen LogP contribution in [0.25, 0.3) is 0 Å². The fourth-order valence-corrected chi connectivity index (χ4v) is 1.52. The number of rotatable bonds is 0. The van der Waals surface area contributed by atoms with E-state index in [1.807, 2.05) is 0 Å². The molecule has 1 fully saturated rings. The third-order valence-electron chi connectivity index (χ3n) is 0.647. The van der Waals surface area contributed by atoms with Gasteiger partial charge in [-0.1, -0.05) is 0 Å². The van der Waals surface area contributed by atoms with Crippen LogP contribution < -0.4 is 0 Å². The van der Waals surface area contributed by atoms with Crippen molar-refractivity contribution in [3.05, 3.63) is 0 Å². The summed E-state index contributed by atoms with van der Waals surface area (Å²) < 4.78 is 9.82. The minimum Gasteiger partial charge on any atom is -0.350 e. The van der Waals surface area contributed by atoms with Crippen LogP contribution in [0, 0.1) is 0 Å². The minimum absolute atomic E-state index is 0.242. The van der Waals surface area contributed by atoms with Crippen molar-refractivity contribution in [2.45, 2.75) is 0 Å². The molecule has 0 unspecified atom stereocenters. The summed E-state index contributed by atoms with van der Waals surface area (Å²) in [6.45, 7) is 0.458. The molecule has 0 aliphatic carbocycles. The Hall–Kier alpha value is 0.700. The third kappa shape index (κ3) is 1.96. The van der Waals surface area contributed by atoms with Gasteiger partial charge in [-0.3, -0.25) is 0 Å². The van der Waals surface area contributed by atoms with Crippen LogP contribution in [0.2, 0.25) is 0 Å². The van der Waals surface area contributed by atoms with E-state index in [1.165, 1.54) is 0 Å². The average molecular weight is 138 g/mol. The van der Waals surface area contributed by atoms with Gasteiger partial charge in [0.15, 0.2) is 0 Å². The molecule has 0 N–H and O–H groups in total. The Labute approximate surface area is 49.1 Å². The molecule has 0 aromatic heterocycles. The van der Waals surface area contributed by atoms with Crippen LogP contribution in [0.15, 0.2) is 0 Å². The zero-order valence-corrected chi connectivity index (χ0v) is 5.62. The van der Waals surface area contributed by atoms with Crippen LogP contribution in [0.5, 0.6) is 0 Å². The largest absolute Gasteiger partial charge is 0.350 e. The molecule has 1 heterocycles. The van der Waals surface area contributed by atoms with E-state index in [9.17, 15) is 0 Å². The molecule has 0 atom stereocenters. The highest BCUT2D eigenvalue weighted by molar-refractivity contribution is 8.45. The second kappa shape index (κ2) is 2.88. The lowest BCUT2D eigenvalue weighted by molar-refractivity contribution is -0.0330. The van der Waals surface area contributed by atoms with E-state index in [2.05, 4.69) is 12.2 Å². The first-order chi connectivity index (χ1) is 3.39. The van der Waals surface area contributed by atoms with Gasteiger partial charge in [0.25, 0.3) is 0 Å². The first-order valence-electron chi connectivity index (χ1n) is 1.99. The standard InChI is InChI=1S/C3H7O2PS/c7-6-2-4-1-5-3-6/h7H,1-3H2. The number of hydrogen-bond donors (Lipinski definition) is 1. The highest BCUT2D eigenvalue weighted by Gasteiger charge is 2.06. The number of hydrogen-bond acceptors (Lipinski definition) is 3. The predicted octanol–water partition coefficient (Wildman–Crippen LogP) is 1.23. The van der Waals surface area contributed by atoms with Gasteiger partial charge in [-0.25, -0.2) is 0 Å². The van der Waals surface area contributed by atoms with E-state index in [0.717, 1.165) is 12.7 Å². The highest BCUT2D eigenvalue weighted by Crippen LogP contribution is 2.41. The van der Waals surface area contributed by atoms with Gasteiger partial charge in [0, 0.05) is 7.12 Å². The van der Waals surface area contributed by atoms with E-state index in [-0.39, 0.29) is 7.12 Å². The first kappa shape index (κ1) is 5.83. The van der Waals surface area contributed by atoms with Crippen molar-refractivity contribution in [3.63, 3.8) is 0 Å². The van der Waals surface area contributed by atoms with E-state index in [0.29, 0.717) is 6.79 Å². The maximum atomic E-state index is 4.91. The van der Waals surface area contributed by atoms with Crippen LogP contribution >= 0.6 is 19.4 Å². The average Bonchev–Trinajstić information content (AvgIpc) is 1.69. The second-order valence-corrected chi connectivity index (χ2v) is 4.52. The number of thiol groups is 1. The Morgan fingerprint density at radius 1 is 1.29 bits per heavy atom. The Bertz CT molecular complexity index is 54.9. The Morgan fingerprint density at radius 3 is 2.14 bits per heavy atom. The zero-order valence-electron chi connectivity index (χ0n) is 3.83. The molecule has 0 bridgehead atoms. The first-order valence-corrected chi connectivity index (χ1v) is 4.85. The fraction of sp³-hybridized carbons (Fsp3) is 1.00. The molecule has 0 spiro atoms. The van der Waals surface area contributed by atoms with Crippen LogP contribution in [0.3, 0.4) is 0 Å². The van der Waals surface area contributed by atoms with Crippen molar-refractivity contribution >= 4 is 19.4 Å². The van der Waals surface area contributed by atoms with E-state index < -0.39 is 0 Å². The quantitative estimate of drug-likeness (QED) is 0.401. The number of ether oxygens (including phenoxy) is 2. The summed E-state index contributed by atoms with van der Waals surface area (Å²) in [4.78, 5) is 0. The maximum absolute atomic E-state index is 4.91. The zero-order chi connectivity index (χ0) is 5.11. The molecule has 2 nitrogen and oxygen atoms in total. The SMILES string of the molecule is SP1COCOC1. The molecule has 42 valence electrons. The van der Waals surface area contributed by atoms with Gasteiger partial charge in [0.1, 0.15) is 6.79 Å². The fourth-order valence-electron chi connectivity index (χ4n) is 0.381. The molecule has 0 radical (unpaired) electrons. The van der Waals surface area contributed by atoms with Crippen molar-refractivity contribution in [3.8, 4) is 0 Å². The van der Waals surface area contributed by atoms with Crippen molar-refractivity contribution in [2.24, 2.45) is 0 Å². The van der Waals surface area contributed by atoms with Crippen LogP contribution in [0.1, 0.15) is 0 Å². The van der Waals surface area contributed by atoms with Gasteiger partial charge in [-0.15, -0.1) is 12.2 Å². The molecule has 0 amide bonds. The summed E-state index contributed by atoms with van der Waals surface area (Å²) >= 11 is 4.18. The van der Waals surface area contributed by atoms with Crippen molar-refractivity contribution in [2.75, 3.05) is 19.5 Å². The molecular formula is C3H7O2PS. The lowest BCUT2D eigenvalue weighted by Crippen LogP contribution is -2.07. The lowest BCUT2D eigenvalue weighted by atomic mass is 11.3. The molecular weight excluding hydrogens is 131 g/mol. The summed E-state index contributed by atoms with van der Waals surface area (Å²) in [5.74, 6) is 0. The Morgan fingerprint density at radius 2 is 1.86 bits per heavy atom. The third-order valence-corrected chi connectivity index (χ3v) is 2.30. The molecule has 4 heteroatoms. The van der Waals surface area contributed by atoms with Gasteiger partial charge in [-0.2, -0.15) is 0 Å². The molecule has 0 aromatic rings. The van der Waals surface area contributed by atoms with E-state index in [1.54, 1.807) is 0 Å². The molecule has 7 heavy (non-hydrogen) atoms. The molecule has 1 saturated heterocycles. The summed E-state index contributed by atoms with van der Waals surface area (Å²) in [5.41, 5.74) is 0. The topological polar surface area (TPSA) is 18.5 Å². The van der Waals surface area contributed by atoms with Gasteiger partial charge >= 0.3 is 0 Å². The predicted molar refractivity (Wildman–Crippen MR) is 32.7 cm³/mol. The molecule has 0 aromatic carbocycles. The normalized spacial score (nSPS) is 25.3. The smallest absolute Gasteiger partial charge is 0.147 e. The van der Waals surface area contributed by atoms with Gasteiger partial charge in [0.05, 0.1) is 12.7 Å².